The lowest BCUT2D eigenvalue weighted by molar-refractivity contribution is -0.268. The van der Waals surface area contributed by atoms with E-state index < -0.39 is 11.7 Å². The van der Waals surface area contributed by atoms with Gasteiger partial charge in [-0.25, -0.2) is 4.79 Å². The van der Waals surface area contributed by atoms with Crippen LogP contribution in [0.25, 0.3) is 16.9 Å². The van der Waals surface area contributed by atoms with Crippen LogP contribution in [0.3, 0.4) is 0 Å². The first kappa shape index (κ1) is 13.9. The molecule has 4 nitrogen and oxygen atoms in total. The standard InChI is InChI=1S/C18H15NO3/c1-12-7-9-16(13-5-3-2-4-6-13)19(12)14-8-10-17(20)15(11-14)18(21)22/h2-11,20H,1H3,(H,21,22)/p-1. The van der Waals surface area contributed by atoms with Gasteiger partial charge in [0.15, 0.2) is 0 Å². The van der Waals surface area contributed by atoms with E-state index in [9.17, 15) is 9.90 Å². The number of carboxylic acids is 1. The van der Waals surface area contributed by atoms with Crippen LogP contribution in [0.1, 0.15) is 16.1 Å². The summed E-state index contributed by atoms with van der Waals surface area (Å²) in [7, 11) is 0. The van der Waals surface area contributed by atoms with Gasteiger partial charge in [-0.15, -0.1) is 0 Å². The van der Waals surface area contributed by atoms with Gasteiger partial charge < -0.3 is 14.8 Å². The highest BCUT2D eigenvalue weighted by atomic mass is 16.4. The van der Waals surface area contributed by atoms with E-state index in [0.29, 0.717) is 5.69 Å². The van der Waals surface area contributed by atoms with Crippen LogP contribution in [0.5, 0.6) is 5.75 Å². The minimum atomic E-state index is -1.21. The van der Waals surface area contributed by atoms with Gasteiger partial charge in [-0.3, -0.25) is 0 Å². The largest absolute Gasteiger partial charge is 0.872 e. The van der Waals surface area contributed by atoms with Gasteiger partial charge in [0.25, 0.3) is 0 Å². The number of aromatic nitrogens is 1. The predicted molar refractivity (Wildman–Crippen MR) is 82.3 cm³/mol. The van der Waals surface area contributed by atoms with Crippen LogP contribution < -0.4 is 5.11 Å². The third-order valence-corrected chi connectivity index (χ3v) is 3.60. The summed E-state index contributed by atoms with van der Waals surface area (Å²) in [5.41, 5.74) is 3.39. The van der Waals surface area contributed by atoms with Crippen LogP contribution in [0, 0.1) is 6.92 Å². The number of rotatable bonds is 3. The van der Waals surface area contributed by atoms with Crippen molar-refractivity contribution in [1.29, 1.82) is 0 Å². The van der Waals surface area contributed by atoms with Crippen molar-refractivity contribution in [3.8, 4) is 22.7 Å². The van der Waals surface area contributed by atoms with Gasteiger partial charge in [0.1, 0.15) is 0 Å². The monoisotopic (exact) mass is 292 g/mol. The van der Waals surface area contributed by atoms with Crippen molar-refractivity contribution in [1.82, 2.24) is 4.57 Å². The number of hydrogen-bond donors (Lipinski definition) is 1. The lowest BCUT2D eigenvalue weighted by atomic mass is 10.1. The van der Waals surface area contributed by atoms with E-state index in [1.54, 1.807) is 6.07 Å². The molecule has 4 heteroatoms. The Bertz CT molecular complexity index is 835. The summed E-state index contributed by atoms with van der Waals surface area (Å²) in [4.78, 5) is 11.2. The van der Waals surface area contributed by atoms with Crippen molar-refractivity contribution in [2.75, 3.05) is 0 Å². The smallest absolute Gasteiger partial charge is 0.335 e. The number of carbonyl (C=O) groups is 1. The van der Waals surface area contributed by atoms with E-state index in [1.165, 1.54) is 12.1 Å². The Morgan fingerprint density at radius 1 is 1.05 bits per heavy atom. The zero-order valence-electron chi connectivity index (χ0n) is 12.0. The normalized spacial score (nSPS) is 10.6. The molecule has 0 fully saturated rings. The maximum atomic E-state index is 11.6. The molecule has 0 saturated carbocycles. The average molecular weight is 292 g/mol. The maximum absolute atomic E-state index is 11.6. The van der Waals surface area contributed by atoms with Crippen LogP contribution in [0.15, 0.2) is 60.7 Å². The van der Waals surface area contributed by atoms with Crippen LogP contribution >= 0.6 is 0 Å². The number of aryl methyl sites for hydroxylation is 1. The number of carboxylic acid groups (broad SMARTS) is 1. The molecular formula is C18H14NO3-. The van der Waals surface area contributed by atoms with Crippen LogP contribution in [0.4, 0.5) is 0 Å². The highest BCUT2D eigenvalue weighted by Crippen LogP contribution is 2.28. The predicted octanol–water partition coefficient (Wildman–Crippen LogP) is 3.22. The summed E-state index contributed by atoms with van der Waals surface area (Å²) in [6.07, 6.45) is 0. The molecule has 0 radical (unpaired) electrons. The number of benzene rings is 2. The van der Waals surface area contributed by atoms with E-state index >= 15 is 0 Å². The molecule has 110 valence electrons. The molecule has 0 aliphatic rings. The van der Waals surface area contributed by atoms with Crippen LogP contribution in [-0.4, -0.2) is 15.6 Å². The van der Waals surface area contributed by atoms with Crippen LogP contribution in [0.2, 0.25) is 0 Å². The Morgan fingerprint density at radius 3 is 2.45 bits per heavy atom. The van der Waals surface area contributed by atoms with E-state index in [0.717, 1.165) is 17.0 Å². The van der Waals surface area contributed by atoms with Crippen molar-refractivity contribution in [3.05, 3.63) is 71.9 Å². The van der Waals surface area contributed by atoms with E-state index in [-0.39, 0.29) is 5.56 Å². The SMILES string of the molecule is Cc1ccc(-c2ccccc2)n1-c1ccc([O-])c(C(=O)O)c1. The molecule has 0 spiro atoms. The Hall–Kier alpha value is -3.01. The van der Waals surface area contributed by atoms with Crippen molar-refractivity contribution in [2.24, 2.45) is 0 Å². The highest BCUT2D eigenvalue weighted by molar-refractivity contribution is 5.91. The van der Waals surface area contributed by atoms with E-state index in [4.69, 9.17) is 5.11 Å². The third-order valence-electron chi connectivity index (χ3n) is 3.60. The molecule has 0 amide bonds. The zero-order chi connectivity index (χ0) is 15.7. The van der Waals surface area contributed by atoms with Gasteiger partial charge in [-0.2, -0.15) is 0 Å². The molecule has 1 aromatic heterocycles. The van der Waals surface area contributed by atoms with Crippen molar-refractivity contribution < 1.29 is 15.0 Å². The molecule has 3 aromatic rings. The molecule has 22 heavy (non-hydrogen) atoms. The summed E-state index contributed by atoms with van der Waals surface area (Å²) in [5.74, 6) is -1.69. The van der Waals surface area contributed by atoms with Gasteiger partial charge in [0.05, 0.1) is 11.3 Å². The molecule has 0 saturated heterocycles. The van der Waals surface area contributed by atoms with E-state index in [1.807, 2.05) is 54.0 Å². The fourth-order valence-corrected chi connectivity index (χ4v) is 2.54. The first-order chi connectivity index (χ1) is 10.6. The first-order valence-electron chi connectivity index (χ1n) is 6.86. The molecule has 1 N–H and O–H groups in total. The summed E-state index contributed by atoms with van der Waals surface area (Å²) in [6, 6.07) is 18.1. The second kappa shape index (κ2) is 5.41. The highest BCUT2D eigenvalue weighted by Gasteiger charge is 2.12. The van der Waals surface area contributed by atoms with Gasteiger partial charge >= 0.3 is 5.97 Å². The fourth-order valence-electron chi connectivity index (χ4n) is 2.54. The van der Waals surface area contributed by atoms with Crippen LogP contribution in [-0.2, 0) is 0 Å². The Kier molecular flexibility index (Phi) is 3.43. The van der Waals surface area contributed by atoms with Gasteiger partial charge in [0, 0.05) is 11.4 Å². The van der Waals surface area contributed by atoms with Gasteiger partial charge in [0.2, 0.25) is 0 Å². The van der Waals surface area contributed by atoms with E-state index in [2.05, 4.69) is 0 Å². The number of nitrogens with zero attached hydrogens (tertiary/aromatic N) is 1. The molecule has 0 unspecified atom stereocenters. The number of hydrogen-bond acceptors (Lipinski definition) is 2. The summed E-state index contributed by atoms with van der Waals surface area (Å²) in [6.45, 7) is 1.94. The lowest BCUT2D eigenvalue weighted by Gasteiger charge is -2.16. The Morgan fingerprint density at radius 2 is 1.77 bits per heavy atom. The summed E-state index contributed by atoms with van der Waals surface area (Å²) in [5, 5.41) is 20.8. The Labute approximate surface area is 127 Å². The van der Waals surface area contributed by atoms with Crippen molar-refractivity contribution in [3.63, 3.8) is 0 Å². The van der Waals surface area contributed by atoms with Gasteiger partial charge in [-0.05, 0) is 36.8 Å². The topological polar surface area (TPSA) is 65.3 Å². The number of aromatic carboxylic acids is 1. The quantitative estimate of drug-likeness (QED) is 0.806. The molecule has 0 atom stereocenters. The molecule has 1 heterocycles. The molecule has 3 rings (SSSR count). The average Bonchev–Trinajstić information content (AvgIpc) is 2.90. The van der Waals surface area contributed by atoms with Gasteiger partial charge in [-0.1, -0.05) is 42.1 Å². The second-order valence-electron chi connectivity index (χ2n) is 5.05. The third kappa shape index (κ3) is 2.35. The zero-order valence-corrected chi connectivity index (χ0v) is 12.0. The molecular weight excluding hydrogens is 278 g/mol. The second-order valence-corrected chi connectivity index (χ2v) is 5.05. The van der Waals surface area contributed by atoms with Crippen molar-refractivity contribution in [2.45, 2.75) is 6.92 Å². The summed E-state index contributed by atoms with van der Waals surface area (Å²) < 4.78 is 1.95. The molecule has 2 aromatic carbocycles. The Balaban J connectivity index is 2.20. The lowest BCUT2D eigenvalue weighted by Crippen LogP contribution is -2.06. The van der Waals surface area contributed by atoms with Crippen molar-refractivity contribution >= 4 is 5.97 Å². The molecule has 0 aliphatic carbocycles. The summed E-state index contributed by atoms with van der Waals surface area (Å²) >= 11 is 0. The maximum Gasteiger partial charge on any atom is 0.335 e. The fraction of sp³-hybridized carbons (Fsp3) is 0.0556. The minimum Gasteiger partial charge on any atom is -0.872 e. The molecule has 0 bridgehead atoms. The minimum absolute atomic E-state index is 0.218. The molecule has 0 aliphatic heterocycles. The first-order valence-corrected chi connectivity index (χ1v) is 6.86.